The third-order valence-electron chi connectivity index (χ3n) is 9.35. The Labute approximate surface area is 293 Å². The van der Waals surface area contributed by atoms with Gasteiger partial charge in [-0.15, -0.1) is 0 Å². The van der Waals surface area contributed by atoms with Gasteiger partial charge in [-0.2, -0.15) is 36.4 Å². The molecule has 6 rings (SSSR count). The smallest absolute Gasteiger partial charge is 0.416 e. The van der Waals surface area contributed by atoms with Crippen molar-refractivity contribution in [3.63, 3.8) is 0 Å². The lowest BCUT2D eigenvalue weighted by Crippen LogP contribution is -2.39. The standard InChI is InChI=1S/C33H34ClF6N9O2/c1-3-25-11-26(18-48(25)28-27(34)15-43-31(45-28)47-6-4-20(5-7-47)29(50)51)49(30-41-12-21(13-42-30)22-14-44-46(2)17-22)16-19-8-23(32(35,36)37)10-24(9-19)33(38,39)40/h8-10,12-15,17,20,25-26H,3-7,11,16,18H2,1-2H3,(H,50,51). The van der Waals surface area contributed by atoms with Gasteiger partial charge in [0.05, 0.1) is 35.5 Å². The van der Waals surface area contributed by atoms with Crippen molar-refractivity contribution in [1.29, 1.82) is 0 Å². The number of alkyl halides is 6. The van der Waals surface area contributed by atoms with E-state index in [4.69, 9.17) is 16.6 Å². The fourth-order valence-corrected chi connectivity index (χ4v) is 6.85. The number of carboxylic acid groups (broad SMARTS) is 1. The lowest BCUT2D eigenvalue weighted by molar-refractivity contribution is -0.144. The van der Waals surface area contributed by atoms with Crippen LogP contribution in [0.4, 0.5) is 44.1 Å². The normalized spacial score (nSPS) is 18.8. The zero-order valence-electron chi connectivity index (χ0n) is 27.5. The van der Waals surface area contributed by atoms with E-state index < -0.39 is 41.4 Å². The molecule has 2 saturated heterocycles. The van der Waals surface area contributed by atoms with Gasteiger partial charge in [-0.1, -0.05) is 18.5 Å². The SMILES string of the molecule is CCC1CC(N(Cc2cc(C(F)(F)F)cc(C(F)(F)F)c2)c2ncc(-c3cnn(C)c3)cn2)CN1c1nc(N2CCC(C(=O)O)CC2)ncc1Cl. The average molecular weight is 738 g/mol. The molecule has 1 N–H and O–H groups in total. The van der Waals surface area contributed by atoms with Crippen molar-refractivity contribution in [2.75, 3.05) is 34.3 Å². The third kappa shape index (κ3) is 7.97. The van der Waals surface area contributed by atoms with Crippen molar-refractivity contribution in [3.05, 3.63) is 70.9 Å². The average Bonchev–Trinajstić information content (AvgIpc) is 3.73. The summed E-state index contributed by atoms with van der Waals surface area (Å²) >= 11 is 6.65. The van der Waals surface area contributed by atoms with Crippen molar-refractivity contribution >= 4 is 35.3 Å². The number of aryl methyl sites for hydroxylation is 1. The Morgan fingerprint density at radius 3 is 2.16 bits per heavy atom. The molecule has 0 amide bonds. The molecule has 0 radical (unpaired) electrons. The summed E-state index contributed by atoms with van der Waals surface area (Å²) in [6.07, 6.45) is -0.188. The molecule has 2 atom stereocenters. The van der Waals surface area contributed by atoms with Crippen LogP contribution in [-0.2, 0) is 30.7 Å². The molecule has 2 unspecified atom stereocenters. The van der Waals surface area contributed by atoms with Crippen LogP contribution in [0.5, 0.6) is 0 Å². The van der Waals surface area contributed by atoms with Gasteiger partial charge < -0.3 is 19.8 Å². The van der Waals surface area contributed by atoms with E-state index in [0.29, 0.717) is 56.1 Å². The number of anilines is 3. The quantitative estimate of drug-likeness (QED) is 0.186. The van der Waals surface area contributed by atoms with Crippen molar-refractivity contribution in [2.45, 2.75) is 63.6 Å². The highest BCUT2D eigenvalue weighted by molar-refractivity contribution is 6.32. The van der Waals surface area contributed by atoms with Gasteiger partial charge >= 0.3 is 18.3 Å². The number of carboxylic acids is 1. The molecule has 0 bridgehead atoms. The van der Waals surface area contributed by atoms with Crippen LogP contribution in [0, 0.1) is 5.92 Å². The van der Waals surface area contributed by atoms with Gasteiger partial charge in [0, 0.05) is 69.0 Å². The van der Waals surface area contributed by atoms with Crippen LogP contribution in [0.3, 0.4) is 0 Å². The fraction of sp³-hybridized carbons (Fsp3) is 0.455. The highest BCUT2D eigenvalue weighted by Crippen LogP contribution is 2.39. The number of rotatable bonds is 9. The summed E-state index contributed by atoms with van der Waals surface area (Å²) < 4.78 is 84.6. The van der Waals surface area contributed by atoms with Crippen LogP contribution in [0.15, 0.2) is 49.2 Å². The Morgan fingerprint density at radius 1 is 0.961 bits per heavy atom. The molecule has 5 heterocycles. The summed E-state index contributed by atoms with van der Waals surface area (Å²) in [5.74, 6) is -0.381. The van der Waals surface area contributed by atoms with Gasteiger partial charge in [0.1, 0.15) is 5.02 Å². The minimum Gasteiger partial charge on any atom is -0.481 e. The van der Waals surface area contributed by atoms with E-state index in [-0.39, 0.29) is 41.7 Å². The summed E-state index contributed by atoms with van der Waals surface area (Å²) in [6.45, 7) is 2.73. The number of hydrogen-bond acceptors (Lipinski definition) is 9. The van der Waals surface area contributed by atoms with Gasteiger partial charge in [0.2, 0.25) is 11.9 Å². The molecule has 18 heteroatoms. The second-order valence-electron chi connectivity index (χ2n) is 12.8. The maximum absolute atomic E-state index is 13.8. The van der Waals surface area contributed by atoms with Crippen LogP contribution in [-0.4, -0.2) is 72.5 Å². The van der Waals surface area contributed by atoms with Crippen molar-refractivity contribution in [1.82, 2.24) is 29.7 Å². The molecule has 51 heavy (non-hydrogen) atoms. The van der Waals surface area contributed by atoms with Crippen molar-refractivity contribution in [3.8, 4) is 11.1 Å². The first kappa shape index (κ1) is 36.1. The monoisotopic (exact) mass is 737 g/mol. The number of aromatic nitrogens is 6. The third-order valence-corrected chi connectivity index (χ3v) is 9.62. The molecule has 4 aromatic rings. The minimum atomic E-state index is -5.01. The second kappa shape index (κ2) is 14.2. The number of piperidine rings is 1. The van der Waals surface area contributed by atoms with Gasteiger partial charge in [-0.25, -0.2) is 15.0 Å². The molecule has 3 aromatic heterocycles. The summed E-state index contributed by atoms with van der Waals surface area (Å²) in [6, 6.07) is 0.895. The summed E-state index contributed by atoms with van der Waals surface area (Å²) in [5.41, 5.74) is -1.68. The molecule has 2 fully saturated rings. The van der Waals surface area contributed by atoms with Gasteiger partial charge in [-0.05, 0) is 49.4 Å². The lowest BCUT2D eigenvalue weighted by atomic mass is 9.97. The molecule has 0 saturated carbocycles. The first-order valence-corrected chi connectivity index (χ1v) is 16.6. The Hall–Kier alpha value is -4.67. The molecule has 2 aliphatic rings. The molecule has 11 nitrogen and oxygen atoms in total. The summed E-state index contributed by atoms with van der Waals surface area (Å²) in [5, 5.41) is 13.8. The second-order valence-corrected chi connectivity index (χ2v) is 13.2. The highest BCUT2D eigenvalue weighted by Gasteiger charge is 2.40. The van der Waals surface area contributed by atoms with E-state index >= 15 is 0 Å². The van der Waals surface area contributed by atoms with Crippen LogP contribution in [0.1, 0.15) is 49.3 Å². The molecule has 0 spiro atoms. The van der Waals surface area contributed by atoms with Crippen molar-refractivity contribution < 1.29 is 36.2 Å². The Bertz CT molecular complexity index is 1830. The molecular formula is C33H34ClF6N9O2. The van der Waals surface area contributed by atoms with E-state index in [0.717, 1.165) is 17.7 Å². The van der Waals surface area contributed by atoms with Gasteiger partial charge in [0.25, 0.3) is 0 Å². The number of aliphatic carboxylic acids is 1. The Morgan fingerprint density at radius 2 is 1.61 bits per heavy atom. The first-order chi connectivity index (χ1) is 24.1. The van der Waals surface area contributed by atoms with E-state index in [1.165, 1.54) is 18.6 Å². The predicted octanol–water partition coefficient (Wildman–Crippen LogP) is 6.72. The Balaban J connectivity index is 1.35. The molecule has 1 aromatic carbocycles. The first-order valence-electron chi connectivity index (χ1n) is 16.2. The molecule has 0 aliphatic carbocycles. The van der Waals surface area contributed by atoms with E-state index in [1.807, 2.05) is 16.7 Å². The number of nitrogens with zero attached hydrogens (tertiary/aromatic N) is 9. The number of hydrogen-bond donors (Lipinski definition) is 1. The van der Waals surface area contributed by atoms with Crippen LogP contribution >= 0.6 is 11.6 Å². The minimum absolute atomic E-state index is 0.107. The number of benzene rings is 1. The van der Waals surface area contributed by atoms with E-state index in [2.05, 4.69) is 20.1 Å². The van der Waals surface area contributed by atoms with E-state index in [1.54, 1.807) is 29.0 Å². The number of carbonyl (C=O) groups is 1. The molecule has 2 aliphatic heterocycles. The van der Waals surface area contributed by atoms with E-state index in [9.17, 15) is 36.2 Å². The Kier molecular flexibility index (Phi) is 10.0. The zero-order chi connectivity index (χ0) is 36.7. The van der Waals surface area contributed by atoms with Crippen LogP contribution in [0.2, 0.25) is 5.02 Å². The lowest BCUT2D eigenvalue weighted by Gasteiger charge is -2.32. The van der Waals surface area contributed by atoms with Crippen molar-refractivity contribution in [2.24, 2.45) is 13.0 Å². The molecule has 272 valence electrons. The maximum atomic E-state index is 13.8. The van der Waals surface area contributed by atoms with Crippen LogP contribution in [0.25, 0.3) is 11.1 Å². The summed E-state index contributed by atoms with van der Waals surface area (Å²) in [4.78, 5) is 35.1. The summed E-state index contributed by atoms with van der Waals surface area (Å²) in [7, 11) is 1.74. The van der Waals surface area contributed by atoms with Crippen LogP contribution < -0.4 is 14.7 Å². The zero-order valence-corrected chi connectivity index (χ0v) is 28.3. The topological polar surface area (TPSA) is 116 Å². The molecular weight excluding hydrogens is 704 g/mol. The predicted molar refractivity (Wildman–Crippen MR) is 176 cm³/mol. The largest absolute Gasteiger partial charge is 0.481 e. The maximum Gasteiger partial charge on any atom is 0.416 e. The number of halogens is 7. The highest BCUT2D eigenvalue weighted by atomic mass is 35.5. The fourth-order valence-electron chi connectivity index (χ4n) is 6.65. The van der Waals surface area contributed by atoms with Gasteiger partial charge in [-0.3, -0.25) is 9.48 Å². The van der Waals surface area contributed by atoms with Gasteiger partial charge in [0.15, 0.2) is 5.82 Å².